The minimum absolute atomic E-state index is 0.536. The number of benzene rings is 1. The highest BCUT2D eigenvalue weighted by Crippen LogP contribution is 2.31. The van der Waals surface area contributed by atoms with Crippen LogP contribution in [0.25, 0.3) is 0 Å². The van der Waals surface area contributed by atoms with Crippen molar-refractivity contribution in [3.05, 3.63) is 23.8 Å². The van der Waals surface area contributed by atoms with Crippen LogP contribution in [0.4, 0.5) is 0 Å². The van der Waals surface area contributed by atoms with Crippen molar-refractivity contribution in [3.8, 4) is 11.5 Å². The van der Waals surface area contributed by atoms with Crippen LogP contribution in [0.5, 0.6) is 11.5 Å². The Hall–Kier alpha value is -1.26. The first-order valence-electron chi connectivity index (χ1n) is 7.74. The van der Waals surface area contributed by atoms with Crippen molar-refractivity contribution in [2.24, 2.45) is 11.8 Å². The van der Waals surface area contributed by atoms with Crippen molar-refractivity contribution in [3.63, 3.8) is 0 Å². The molecule has 0 bridgehead atoms. The number of aliphatic hydroxyl groups is 1. The van der Waals surface area contributed by atoms with Crippen molar-refractivity contribution < 1.29 is 14.6 Å². The first kappa shape index (κ1) is 16.1. The number of hydrogen-bond acceptors (Lipinski definition) is 4. The largest absolute Gasteiger partial charge is 0.497 e. The van der Waals surface area contributed by atoms with Crippen molar-refractivity contribution in [1.82, 2.24) is 5.32 Å². The first-order chi connectivity index (χ1) is 10.1. The van der Waals surface area contributed by atoms with Crippen molar-refractivity contribution in [2.45, 2.75) is 32.3 Å². The molecule has 1 fully saturated rings. The third-order valence-electron chi connectivity index (χ3n) is 4.37. The smallest absolute Gasteiger partial charge is 0.124 e. The molecule has 1 aromatic carbocycles. The molecule has 4 nitrogen and oxygen atoms in total. The van der Waals surface area contributed by atoms with Gasteiger partial charge in [0.15, 0.2) is 0 Å². The highest BCUT2D eigenvalue weighted by atomic mass is 16.5. The Kier molecular flexibility index (Phi) is 5.88. The van der Waals surface area contributed by atoms with E-state index in [1.54, 1.807) is 14.2 Å². The molecule has 0 aromatic heterocycles. The van der Waals surface area contributed by atoms with Gasteiger partial charge in [0.25, 0.3) is 0 Å². The monoisotopic (exact) mass is 293 g/mol. The number of ether oxygens (including phenoxy) is 2. The zero-order valence-corrected chi connectivity index (χ0v) is 13.3. The molecule has 0 heterocycles. The average Bonchev–Trinajstić information content (AvgIpc) is 2.91. The Labute approximate surface area is 127 Å². The van der Waals surface area contributed by atoms with Gasteiger partial charge in [0.2, 0.25) is 0 Å². The van der Waals surface area contributed by atoms with Gasteiger partial charge in [0.1, 0.15) is 11.5 Å². The fourth-order valence-electron chi connectivity index (χ4n) is 3.14. The van der Waals surface area contributed by atoms with Gasteiger partial charge in [-0.2, -0.15) is 0 Å². The molecule has 1 aliphatic rings. The lowest BCUT2D eigenvalue weighted by molar-refractivity contribution is 0.168. The van der Waals surface area contributed by atoms with Crippen molar-refractivity contribution in [1.29, 1.82) is 0 Å². The van der Waals surface area contributed by atoms with E-state index < -0.39 is 6.10 Å². The molecule has 1 aliphatic carbocycles. The molecule has 3 unspecified atom stereocenters. The highest BCUT2D eigenvalue weighted by molar-refractivity contribution is 5.41. The molecule has 1 saturated carbocycles. The maximum Gasteiger partial charge on any atom is 0.124 e. The van der Waals surface area contributed by atoms with E-state index in [0.29, 0.717) is 12.3 Å². The molecule has 0 amide bonds. The molecule has 4 heteroatoms. The second-order valence-corrected chi connectivity index (χ2v) is 6.07. The van der Waals surface area contributed by atoms with E-state index in [1.807, 2.05) is 18.2 Å². The summed E-state index contributed by atoms with van der Waals surface area (Å²) in [6, 6.07) is 5.50. The molecular weight excluding hydrogens is 266 g/mol. The van der Waals surface area contributed by atoms with Gasteiger partial charge >= 0.3 is 0 Å². The molecule has 118 valence electrons. The van der Waals surface area contributed by atoms with E-state index in [1.165, 1.54) is 19.3 Å². The molecule has 0 spiro atoms. The lowest BCUT2D eigenvalue weighted by Gasteiger charge is -2.18. The van der Waals surface area contributed by atoms with E-state index in [4.69, 9.17) is 9.47 Å². The van der Waals surface area contributed by atoms with Crippen LogP contribution < -0.4 is 14.8 Å². The molecule has 1 aromatic rings. The summed E-state index contributed by atoms with van der Waals surface area (Å²) in [6.07, 6.45) is 3.34. The van der Waals surface area contributed by atoms with E-state index in [0.717, 1.165) is 29.7 Å². The van der Waals surface area contributed by atoms with Crippen LogP contribution in [0.1, 0.15) is 37.9 Å². The molecule has 3 atom stereocenters. The second-order valence-electron chi connectivity index (χ2n) is 6.07. The van der Waals surface area contributed by atoms with Crippen molar-refractivity contribution >= 4 is 0 Å². The molecule has 21 heavy (non-hydrogen) atoms. The topological polar surface area (TPSA) is 50.7 Å². The number of rotatable bonds is 7. The zero-order valence-electron chi connectivity index (χ0n) is 13.3. The summed E-state index contributed by atoms with van der Waals surface area (Å²) < 4.78 is 10.5. The lowest BCUT2D eigenvalue weighted by Crippen LogP contribution is -2.26. The minimum atomic E-state index is -0.589. The van der Waals surface area contributed by atoms with Crippen LogP contribution in [0.15, 0.2) is 18.2 Å². The third-order valence-corrected chi connectivity index (χ3v) is 4.37. The lowest BCUT2D eigenvalue weighted by atomic mass is 10.1. The van der Waals surface area contributed by atoms with E-state index >= 15 is 0 Å². The molecule has 0 aliphatic heterocycles. The number of methoxy groups -OCH3 is 2. The molecule has 2 rings (SSSR count). The van der Waals surface area contributed by atoms with Gasteiger partial charge in [-0.25, -0.2) is 0 Å². The number of hydrogen-bond donors (Lipinski definition) is 2. The molecule has 0 saturated heterocycles. The first-order valence-corrected chi connectivity index (χ1v) is 7.74. The predicted molar refractivity (Wildman–Crippen MR) is 83.9 cm³/mol. The number of nitrogens with one attached hydrogen (secondary N) is 1. The SMILES string of the molecule is COc1ccc(OC)c(C(O)CNCC2CCC(C)C2)c1. The van der Waals surface area contributed by atoms with Gasteiger partial charge in [-0.05, 0) is 49.4 Å². The van der Waals surface area contributed by atoms with Crippen LogP contribution in [-0.2, 0) is 0 Å². The minimum Gasteiger partial charge on any atom is -0.497 e. The van der Waals surface area contributed by atoms with Crippen molar-refractivity contribution in [2.75, 3.05) is 27.3 Å². The van der Waals surface area contributed by atoms with Crippen LogP contribution in [-0.4, -0.2) is 32.4 Å². The quantitative estimate of drug-likeness (QED) is 0.811. The fourth-order valence-corrected chi connectivity index (χ4v) is 3.14. The average molecular weight is 293 g/mol. The Morgan fingerprint density at radius 3 is 2.71 bits per heavy atom. The summed E-state index contributed by atoms with van der Waals surface area (Å²) in [4.78, 5) is 0. The summed E-state index contributed by atoms with van der Waals surface area (Å²) in [5.41, 5.74) is 0.768. The number of aliphatic hydroxyl groups excluding tert-OH is 1. The Bertz CT molecular complexity index is 450. The Morgan fingerprint density at radius 2 is 2.10 bits per heavy atom. The maximum absolute atomic E-state index is 10.4. The Balaban J connectivity index is 1.88. The second kappa shape index (κ2) is 7.66. The van der Waals surface area contributed by atoms with E-state index in [2.05, 4.69) is 12.2 Å². The third kappa shape index (κ3) is 4.35. The zero-order chi connectivity index (χ0) is 15.2. The summed E-state index contributed by atoms with van der Waals surface area (Å²) in [7, 11) is 3.24. The van der Waals surface area contributed by atoms with Gasteiger partial charge in [0, 0.05) is 12.1 Å². The van der Waals surface area contributed by atoms with Crippen LogP contribution in [0, 0.1) is 11.8 Å². The van der Waals surface area contributed by atoms with Crippen LogP contribution in [0.3, 0.4) is 0 Å². The van der Waals surface area contributed by atoms with Crippen LogP contribution >= 0.6 is 0 Å². The normalized spacial score (nSPS) is 23.0. The van der Waals surface area contributed by atoms with E-state index in [-0.39, 0.29) is 0 Å². The maximum atomic E-state index is 10.4. The molecule has 0 radical (unpaired) electrons. The predicted octanol–water partition coefficient (Wildman–Crippen LogP) is 2.76. The summed E-state index contributed by atoms with van der Waals surface area (Å²) in [5.74, 6) is 3.02. The fraction of sp³-hybridized carbons (Fsp3) is 0.647. The van der Waals surface area contributed by atoms with E-state index in [9.17, 15) is 5.11 Å². The highest BCUT2D eigenvalue weighted by Gasteiger charge is 2.21. The van der Waals surface area contributed by atoms with Gasteiger partial charge in [-0.3, -0.25) is 0 Å². The Morgan fingerprint density at radius 1 is 1.29 bits per heavy atom. The standard InChI is InChI=1S/C17H27NO3/c1-12-4-5-13(8-12)10-18-11-16(19)15-9-14(20-2)6-7-17(15)21-3/h6-7,9,12-13,16,18-19H,4-5,8,10-11H2,1-3H3. The van der Waals surface area contributed by atoms with Crippen LogP contribution in [0.2, 0.25) is 0 Å². The van der Waals surface area contributed by atoms with Gasteiger partial charge < -0.3 is 19.9 Å². The molecular formula is C17H27NO3. The molecule has 2 N–H and O–H groups in total. The van der Waals surface area contributed by atoms with Gasteiger partial charge in [-0.1, -0.05) is 13.3 Å². The van der Waals surface area contributed by atoms with Gasteiger partial charge in [0.05, 0.1) is 20.3 Å². The van der Waals surface area contributed by atoms with Gasteiger partial charge in [-0.15, -0.1) is 0 Å². The summed E-state index contributed by atoms with van der Waals surface area (Å²) >= 11 is 0. The summed E-state index contributed by atoms with van der Waals surface area (Å²) in [6.45, 7) is 3.83. The summed E-state index contributed by atoms with van der Waals surface area (Å²) in [5, 5.41) is 13.8.